The van der Waals surface area contributed by atoms with E-state index in [9.17, 15) is 9.90 Å². The number of nitrogen functional groups attached to an aromatic ring is 1. The molecule has 0 bridgehead atoms. The topological polar surface area (TPSA) is 137 Å². The van der Waals surface area contributed by atoms with Crippen LogP contribution in [0.2, 0.25) is 10.2 Å². The largest absolute Gasteiger partial charge is 0.491 e. The summed E-state index contributed by atoms with van der Waals surface area (Å²) >= 11 is 12.6. The summed E-state index contributed by atoms with van der Waals surface area (Å²) in [6, 6.07) is 10.3. The van der Waals surface area contributed by atoms with Gasteiger partial charge in [0.25, 0.3) is 11.8 Å². The summed E-state index contributed by atoms with van der Waals surface area (Å²) < 4.78 is 4.88. The molecule has 0 saturated carbocycles. The molecule has 0 unspecified atom stereocenters. The second-order valence-corrected chi connectivity index (χ2v) is 11.1. The zero-order chi connectivity index (χ0) is 28.2. The molecule has 0 aliphatic carbocycles. The second-order valence-electron chi connectivity index (χ2n) is 10.3. The Morgan fingerprint density at radius 1 is 1.15 bits per heavy atom. The minimum Gasteiger partial charge on any atom is -0.491 e. The van der Waals surface area contributed by atoms with E-state index in [4.69, 9.17) is 33.5 Å². The van der Waals surface area contributed by atoms with Crippen LogP contribution in [0.3, 0.4) is 0 Å². The van der Waals surface area contributed by atoms with E-state index in [2.05, 4.69) is 54.2 Å². The van der Waals surface area contributed by atoms with Crippen LogP contribution in [0.1, 0.15) is 48.0 Å². The molecule has 1 aromatic carbocycles. The first-order chi connectivity index (χ1) is 19.3. The molecule has 40 heavy (non-hydrogen) atoms. The van der Waals surface area contributed by atoms with Crippen LogP contribution in [0, 0.1) is 0 Å². The van der Waals surface area contributed by atoms with E-state index >= 15 is 0 Å². The zero-order valence-corrected chi connectivity index (χ0v) is 23.9. The molecule has 2 aliphatic rings. The summed E-state index contributed by atoms with van der Waals surface area (Å²) in [6.07, 6.45) is 3.27. The lowest BCUT2D eigenvalue weighted by molar-refractivity contribution is 0.0610. The van der Waals surface area contributed by atoms with Crippen molar-refractivity contribution in [1.82, 2.24) is 30.2 Å². The molecule has 4 heterocycles. The predicted octanol–water partition coefficient (Wildman–Crippen LogP) is 3.55. The number of carbonyl (C=O) groups excluding carboxylic acids is 1. The summed E-state index contributed by atoms with van der Waals surface area (Å²) in [6.45, 7) is 7.70. The fourth-order valence-electron chi connectivity index (χ4n) is 5.59. The Morgan fingerprint density at radius 2 is 1.90 bits per heavy atom. The monoisotopic (exact) mass is 588 g/mol. The summed E-state index contributed by atoms with van der Waals surface area (Å²) in [7, 11) is 0. The Labute approximate surface area is 243 Å². The first kappa shape index (κ1) is 28.4. The van der Waals surface area contributed by atoms with Crippen LogP contribution >= 0.6 is 23.2 Å². The van der Waals surface area contributed by atoms with Gasteiger partial charge >= 0.3 is 0 Å². The van der Waals surface area contributed by atoms with Gasteiger partial charge in [0.05, 0.1) is 6.54 Å². The van der Waals surface area contributed by atoms with Crippen LogP contribution in [-0.2, 0) is 13.1 Å². The van der Waals surface area contributed by atoms with Crippen LogP contribution in [0.25, 0.3) is 0 Å². The highest BCUT2D eigenvalue weighted by molar-refractivity contribution is 6.32. The number of rotatable bonds is 8. The first-order valence-electron chi connectivity index (χ1n) is 13.5. The van der Waals surface area contributed by atoms with Gasteiger partial charge in [-0.05, 0) is 55.2 Å². The van der Waals surface area contributed by atoms with Gasteiger partial charge < -0.3 is 25.6 Å². The summed E-state index contributed by atoms with van der Waals surface area (Å²) in [5, 5.41) is 16.2. The van der Waals surface area contributed by atoms with E-state index in [1.807, 2.05) is 12.1 Å². The Kier molecular flexibility index (Phi) is 8.94. The predicted molar refractivity (Wildman–Crippen MR) is 154 cm³/mol. The van der Waals surface area contributed by atoms with Gasteiger partial charge in [0.15, 0.2) is 28.2 Å². The van der Waals surface area contributed by atoms with Crippen LogP contribution in [0.4, 0.5) is 11.6 Å². The molecule has 11 nitrogen and oxygen atoms in total. The third-order valence-corrected chi connectivity index (χ3v) is 8.20. The summed E-state index contributed by atoms with van der Waals surface area (Å²) in [4.78, 5) is 28.7. The fraction of sp³-hybridized carbons (Fsp3) is 0.481. The number of piperazine rings is 1. The molecule has 13 heteroatoms. The molecule has 1 amide bonds. The lowest BCUT2D eigenvalue weighted by Gasteiger charge is -2.47. The number of amides is 1. The molecule has 2 fully saturated rings. The maximum atomic E-state index is 12.6. The Hall–Kier alpha value is -3.12. The maximum Gasteiger partial charge on any atom is 0.274 e. The van der Waals surface area contributed by atoms with Gasteiger partial charge in [0.1, 0.15) is 0 Å². The highest BCUT2D eigenvalue weighted by atomic mass is 35.5. The minimum atomic E-state index is -0.548. The van der Waals surface area contributed by atoms with Crippen LogP contribution in [0.5, 0.6) is 5.88 Å². The fourth-order valence-corrected chi connectivity index (χ4v) is 5.96. The Bertz CT molecular complexity index is 1310. The number of likely N-dealkylation sites (tertiary alicyclic amines) is 1. The number of hydrogen-bond acceptors (Lipinski definition) is 10. The third kappa shape index (κ3) is 6.60. The van der Waals surface area contributed by atoms with Crippen molar-refractivity contribution in [2.45, 2.75) is 51.4 Å². The van der Waals surface area contributed by atoms with Gasteiger partial charge in [-0.1, -0.05) is 42.3 Å². The molecule has 1 atom stereocenters. The van der Waals surface area contributed by atoms with Gasteiger partial charge in [-0.15, -0.1) is 0 Å². The maximum absolute atomic E-state index is 12.6. The normalized spacial score (nSPS) is 19.2. The molecule has 214 valence electrons. The van der Waals surface area contributed by atoms with Crippen molar-refractivity contribution in [3.63, 3.8) is 0 Å². The number of aromatic nitrogens is 3. The number of anilines is 2. The smallest absolute Gasteiger partial charge is 0.274 e. The second kappa shape index (κ2) is 12.6. The SMILES string of the molecule is CC[C@H]1CN(c2nc(N)c(C(=O)NCc3cc(O)no3)nc2Cl)CCN1C1CCN(Cc2ccc(Cl)cc2)CC1. The molecule has 2 saturated heterocycles. The molecule has 5 rings (SSSR count). The third-order valence-electron chi connectivity index (χ3n) is 7.69. The highest BCUT2D eigenvalue weighted by Crippen LogP contribution is 2.30. The molecular formula is C27H34Cl2N8O3. The lowest BCUT2D eigenvalue weighted by atomic mass is 9.98. The van der Waals surface area contributed by atoms with Crippen molar-refractivity contribution in [1.29, 1.82) is 0 Å². The number of benzene rings is 1. The first-order valence-corrected chi connectivity index (χ1v) is 14.3. The summed E-state index contributed by atoms with van der Waals surface area (Å²) in [5.41, 5.74) is 7.37. The van der Waals surface area contributed by atoms with Crippen molar-refractivity contribution < 1.29 is 14.4 Å². The lowest BCUT2D eigenvalue weighted by Crippen LogP contribution is -2.58. The number of nitrogens with one attached hydrogen (secondary N) is 1. The Balaban J connectivity index is 1.17. The quantitative estimate of drug-likeness (QED) is 0.358. The number of nitrogens with two attached hydrogens (primary N) is 1. The minimum absolute atomic E-state index is 0.000791. The molecular weight excluding hydrogens is 555 g/mol. The van der Waals surface area contributed by atoms with Crippen molar-refractivity contribution in [2.24, 2.45) is 0 Å². The van der Waals surface area contributed by atoms with E-state index in [-0.39, 0.29) is 34.8 Å². The van der Waals surface area contributed by atoms with Crippen LogP contribution < -0.4 is 16.0 Å². The molecule has 3 aromatic rings. The van der Waals surface area contributed by atoms with Crippen molar-refractivity contribution in [2.75, 3.05) is 43.4 Å². The molecule has 2 aliphatic heterocycles. The van der Waals surface area contributed by atoms with Crippen molar-refractivity contribution in [3.05, 3.63) is 57.5 Å². The van der Waals surface area contributed by atoms with Gasteiger partial charge in [0.2, 0.25) is 0 Å². The van der Waals surface area contributed by atoms with Gasteiger partial charge in [0, 0.05) is 49.4 Å². The molecule has 0 spiro atoms. The van der Waals surface area contributed by atoms with Gasteiger partial charge in [-0.3, -0.25) is 14.6 Å². The number of piperidine rings is 1. The van der Waals surface area contributed by atoms with Gasteiger partial charge in [-0.25, -0.2) is 9.97 Å². The van der Waals surface area contributed by atoms with Gasteiger partial charge in [-0.2, -0.15) is 0 Å². The van der Waals surface area contributed by atoms with Crippen molar-refractivity contribution >= 4 is 40.7 Å². The van der Waals surface area contributed by atoms with E-state index in [1.54, 1.807) is 0 Å². The summed E-state index contributed by atoms with van der Waals surface area (Å²) in [5.74, 6) is -0.0301. The standard InChI is InChI=1S/C27H34Cl2N8O3/c1-2-19-16-36(11-12-37(19)20-7-9-35(10-8-20)15-17-3-5-18(28)6-4-17)26-24(29)32-23(25(30)33-26)27(39)31-14-21-13-22(38)34-40-21/h3-6,13,19-20H,2,7-12,14-16H2,1H3,(H2,30,33)(H,31,39)(H,34,38)/t19-/m0/s1. The molecule has 0 radical (unpaired) electrons. The number of nitrogens with zero attached hydrogens (tertiary/aromatic N) is 6. The number of aromatic hydroxyl groups is 1. The zero-order valence-electron chi connectivity index (χ0n) is 22.4. The van der Waals surface area contributed by atoms with E-state index in [0.29, 0.717) is 17.9 Å². The Morgan fingerprint density at radius 3 is 2.58 bits per heavy atom. The number of carbonyl (C=O) groups is 1. The van der Waals surface area contributed by atoms with E-state index in [0.717, 1.165) is 63.6 Å². The number of hydrogen-bond donors (Lipinski definition) is 3. The van der Waals surface area contributed by atoms with Crippen molar-refractivity contribution in [3.8, 4) is 5.88 Å². The average molecular weight is 590 g/mol. The molecule has 4 N–H and O–H groups in total. The van der Waals surface area contributed by atoms with E-state index in [1.165, 1.54) is 11.6 Å². The molecule has 2 aromatic heterocycles. The van der Waals surface area contributed by atoms with E-state index < -0.39 is 5.91 Å². The average Bonchev–Trinajstić information content (AvgIpc) is 3.39. The van der Waals surface area contributed by atoms with Crippen LogP contribution in [0.15, 0.2) is 34.9 Å². The van der Waals surface area contributed by atoms with Crippen LogP contribution in [-0.4, -0.2) is 80.7 Å². The number of halogens is 2. The highest BCUT2D eigenvalue weighted by Gasteiger charge is 2.34.